The quantitative estimate of drug-likeness (QED) is 0.578. The van der Waals surface area contributed by atoms with Crippen molar-refractivity contribution in [2.24, 2.45) is 0 Å². The smallest absolute Gasteiger partial charge is 0.341 e. The van der Waals surface area contributed by atoms with Crippen LogP contribution in [-0.2, 0) is 19.1 Å². The van der Waals surface area contributed by atoms with Gasteiger partial charge in [0.15, 0.2) is 0 Å². The van der Waals surface area contributed by atoms with E-state index in [0.29, 0.717) is 6.42 Å². The molecule has 18 heavy (non-hydrogen) atoms. The van der Waals surface area contributed by atoms with Crippen molar-refractivity contribution in [2.45, 2.75) is 38.6 Å². The SMILES string of the molecule is CCC[C@@H](OC(C)=O)C1=C(Br)C(O)(CBr)OC1=O. The maximum Gasteiger partial charge on any atom is 0.341 e. The summed E-state index contributed by atoms with van der Waals surface area (Å²) in [4.78, 5) is 22.8. The molecule has 0 aliphatic carbocycles. The van der Waals surface area contributed by atoms with Gasteiger partial charge in [0.1, 0.15) is 6.10 Å². The van der Waals surface area contributed by atoms with Crippen LogP contribution in [0.25, 0.3) is 0 Å². The molecule has 1 aliphatic rings. The van der Waals surface area contributed by atoms with Crippen LogP contribution in [0.15, 0.2) is 10.1 Å². The third-order valence-corrected chi connectivity index (χ3v) is 4.23. The molecule has 0 aromatic rings. The zero-order valence-electron chi connectivity index (χ0n) is 10.0. The molecule has 0 saturated heterocycles. The van der Waals surface area contributed by atoms with Gasteiger partial charge in [-0.25, -0.2) is 4.79 Å². The van der Waals surface area contributed by atoms with Gasteiger partial charge in [0.25, 0.3) is 5.79 Å². The van der Waals surface area contributed by atoms with Gasteiger partial charge < -0.3 is 14.6 Å². The third kappa shape index (κ3) is 3.13. The van der Waals surface area contributed by atoms with E-state index in [9.17, 15) is 14.7 Å². The molecule has 0 radical (unpaired) electrons. The lowest BCUT2D eigenvalue weighted by molar-refractivity contribution is -0.172. The molecule has 5 nitrogen and oxygen atoms in total. The van der Waals surface area contributed by atoms with Crippen molar-refractivity contribution in [3.05, 3.63) is 10.1 Å². The summed E-state index contributed by atoms with van der Waals surface area (Å²) >= 11 is 6.22. The van der Waals surface area contributed by atoms with E-state index in [4.69, 9.17) is 9.47 Å². The Kier molecular flexibility index (Phi) is 5.36. The van der Waals surface area contributed by atoms with Crippen LogP contribution in [0.5, 0.6) is 0 Å². The van der Waals surface area contributed by atoms with Gasteiger partial charge in [-0.2, -0.15) is 0 Å². The molecule has 0 bridgehead atoms. The molecule has 0 fully saturated rings. The minimum atomic E-state index is -1.72. The fraction of sp³-hybridized carbons (Fsp3) is 0.636. The largest absolute Gasteiger partial charge is 0.457 e. The summed E-state index contributed by atoms with van der Waals surface area (Å²) in [5.74, 6) is -2.88. The van der Waals surface area contributed by atoms with E-state index in [1.165, 1.54) is 6.92 Å². The first-order chi connectivity index (χ1) is 8.35. The van der Waals surface area contributed by atoms with E-state index in [1.54, 1.807) is 0 Å². The van der Waals surface area contributed by atoms with Crippen LogP contribution in [0.4, 0.5) is 0 Å². The zero-order chi connectivity index (χ0) is 13.9. The van der Waals surface area contributed by atoms with Crippen molar-refractivity contribution >= 4 is 43.8 Å². The Balaban J connectivity index is 3.09. The standard InChI is InChI=1S/C11H14Br2O5/c1-3-4-7(17-6(2)14)8-9(13)11(16,5-12)18-10(8)15/h7,16H,3-5H2,1-2H3/t7-,11?/m1/s1. The molecule has 1 rings (SSSR count). The highest BCUT2D eigenvalue weighted by Crippen LogP contribution is 2.39. The highest BCUT2D eigenvalue weighted by molar-refractivity contribution is 9.12. The first-order valence-electron chi connectivity index (χ1n) is 5.44. The van der Waals surface area contributed by atoms with Gasteiger partial charge in [-0.05, 0) is 22.4 Å². The van der Waals surface area contributed by atoms with Gasteiger partial charge in [-0.1, -0.05) is 29.3 Å². The van der Waals surface area contributed by atoms with Gasteiger partial charge in [0.05, 0.1) is 15.4 Å². The van der Waals surface area contributed by atoms with E-state index in [1.807, 2.05) is 6.92 Å². The van der Waals surface area contributed by atoms with E-state index < -0.39 is 23.8 Å². The van der Waals surface area contributed by atoms with Crippen molar-refractivity contribution in [1.82, 2.24) is 0 Å². The molecule has 0 aromatic heterocycles. The first-order valence-corrected chi connectivity index (χ1v) is 7.36. The number of carbonyl (C=O) groups is 2. The molecule has 1 unspecified atom stereocenters. The Morgan fingerprint density at radius 3 is 2.61 bits per heavy atom. The third-order valence-electron chi connectivity index (χ3n) is 2.42. The van der Waals surface area contributed by atoms with Crippen LogP contribution in [0.3, 0.4) is 0 Å². The van der Waals surface area contributed by atoms with Crippen LogP contribution in [0.2, 0.25) is 0 Å². The van der Waals surface area contributed by atoms with Crippen molar-refractivity contribution in [1.29, 1.82) is 0 Å². The lowest BCUT2D eigenvalue weighted by Crippen LogP contribution is -2.31. The van der Waals surface area contributed by atoms with E-state index >= 15 is 0 Å². The predicted octanol–water partition coefficient (Wildman–Crippen LogP) is 2.01. The van der Waals surface area contributed by atoms with Crippen molar-refractivity contribution in [2.75, 3.05) is 5.33 Å². The zero-order valence-corrected chi connectivity index (χ0v) is 13.2. The van der Waals surface area contributed by atoms with Gasteiger partial charge in [-0.3, -0.25) is 4.79 Å². The number of hydrogen-bond donors (Lipinski definition) is 1. The fourth-order valence-corrected chi connectivity index (χ4v) is 3.05. The van der Waals surface area contributed by atoms with E-state index in [-0.39, 0.29) is 15.4 Å². The lowest BCUT2D eigenvalue weighted by Gasteiger charge is -2.18. The summed E-state index contributed by atoms with van der Waals surface area (Å²) in [7, 11) is 0. The molecular formula is C11H14Br2O5. The van der Waals surface area contributed by atoms with Crippen molar-refractivity contribution in [3.8, 4) is 0 Å². The number of hydrogen-bond acceptors (Lipinski definition) is 5. The molecule has 0 aromatic carbocycles. The second-order valence-electron chi connectivity index (χ2n) is 3.92. The highest BCUT2D eigenvalue weighted by atomic mass is 79.9. The molecule has 1 heterocycles. The molecule has 0 saturated carbocycles. The molecule has 7 heteroatoms. The topological polar surface area (TPSA) is 72.8 Å². The van der Waals surface area contributed by atoms with Crippen LogP contribution in [0.1, 0.15) is 26.7 Å². The number of alkyl halides is 1. The number of esters is 2. The minimum absolute atomic E-state index is 0.0364. The van der Waals surface area contributed by atoms with Gasteiger partial charge in [-0.15, -0.1) is 0 Å². The van der Waals surface area contributed by atoms with E-state index in [2.05, 4.69) is 31.9 Å². The summed E-state index contributed by atoms with van der Waals surface area (Å²) in [6.45, 7) is 3.18. The minimum Gasteiger partial charge on any atom is -0.457 e. The Bertz CT molecular complexity index is 393. The van der Waals surface area contributed by atoms with Crippen LogP contribution < -0.4 is 0 Å². The van der Waals surface area contributed by atoms with E-state index in [0.717, 1.165) is 6.42 Å². The number of carbonyl (C=O) groups excluding carboxylic acids is 2. The number of halogens is 2. The predicted molar refractivity (Wildman–Crippen MR) is 71.3 cm³/mol. The van der Waals surface area contributed by atoms with Crippen molar-refractivity contribution in [3.63, 3.8) is 0 Å². The van der Waals surface area contributed by atoms with Gasteiger partial charge in [0, 0.05) is 6.92 Å². The maximum absolute atomic E-state index is 11.8. The molecular weight excluding hydrogens is 372 g/mol. The average molecular weight is 386 g/mol. The second kappa shape index (κ2) is 6.16. The van der Waals surface area contributed by atoms with Crippen LogP contribution in [-0.4, -0.2) is 34.3 Å². The molecule has 102 valence electrons. The van der Waals surface area contributed by atoms with Gasteiger partial charge in [0.2, 0.25) is 0 Å². The summed E-state index contributed by atoms with van der Waals surface area (Å²) in [5.41, 5.74) is 0.161. The molecule has 0 spiro atoms. The second-order valence-corrected chi connectivity index (χ2v) is 5.28. The Labute approximate surface area is 122 Å². The normalized spacial score (nSPS) is 25.1. The van der Waals surface area contributed by atoms with Gasteiger partial charge >= 0.3 is 11.9 Å². The monoisotopic (exact) mass is 384 g/mol. The Morgan fingerprint density at radius 1 is 1.61 bits per heavy atom. The molecule has 2 atom stereocenters. The first kappa shape index (κ1) is 15.7. The molecule has 1 aliphatic heterocycles. The molecule has 1 N–H and O–H groups in total. The summed E-state index contributed by atoms with van der Waals surface area (Å²) in [6, 6.07) is 0. The summed E-state index contributed by atoms with van der Waals surface area (Å²) in [6.07, 6.45) is 0.502. The van der Waals surface area contributed by atoms with Crippen molar-refractivity contribution < 1.29 is 24.2 Å². The highest BCUT2D eigenvalue weighted by Gasteiger charge is 2.47. The molecule has 0 amide bonds. The average Bonchev–Trinajstić information content (AvgIpc) is 2.49. The summed E-state index contributed by atoms with van der Waals surface area (Å²) in [5, 5.41) is 10.1. The lowest BCUT2D eigenvalue weighted by atomic mass is 10.0. The number of rotatable bonds is 5. The number of ether oxygens (including phenoxy) is 2. The number of cyclic esters (lactones) is 1. The Morgan fingerprint density at radius 2 is 2.22 bits per heavy atom. The summed E-state index contributed by atoms with van der Waals surface area (Å²) < 4.78 is 10.2. The Hall–Kier alpha value is -0.400. The maximum atomic E-state index is 11.8. The van der Waals surface area contributed by atoms with Crippen LogP contribution >= 0.6 is 31.9 Å². The fourth-order valence-electron chi connectivity index (χ4n) is 1.64. The van der Waals surface area contributed by atoms with Crippen LogP contribution in [0, 0.1) is 0 Å². The number of aliphatic hydroxyl groups is 1.